The van der Waals surface area contributed by atoms with Gasteiger partial charge in [-0.05, 0) is 48.7 Å². The summed E-state index contributed by atoms with van der Waals surface area (Å²) in [6.07, 6.45) is 5.68. The van der Waals surface area contributed by atoms with Crippen LogP contribution in [0.2, 0.25) is 0 Å². The maximum Gasteiger partial charge on any atom is 0.258 e. The number of allylic oxidation sites excluding steroid dienone is 1. The Morgan fingerprint density at radius 3 is 2.74 bits per heavy atom. The molecule has 2 aliphatic rings. The molecular formula is C26H30N4O3S. The van der Waals surface area contributed by atoms with Crippen LogP contribution in [0.5, 0.6) is 5.75 Å². The van der Waals surface area contributed by atoms with Crippen molar-refractivity contribution in [1.82, 2.24) is 19.4 Å². The lowest BCUT2D eigenvalue weighted by Gasteiger charge is -2.32. The number of nitrogens with zero attached hydrogens (tertiary/aromatic N) is 4. The third-order valence-electron chi connectivity index (χ3n) is 6.51. The molecule has 1 aliphatic heterocycles. The van der Waals surface area contributed by atoms with Gasteiger partial charge in [0.25, 0.3) is 5.56 Å². The van der Waals surface area contributed by atoms with Gasteiger partial charge in [0.05, 0.1) is 12.3 Å². The van der Waals surface area contributed by atoms with E-state index < -0.39 is 0 Å². The Kier molecular flexibility index (Phi) is 6.92. The molecule has 0 spiro atoms. The zero-order valence-corrected chi connectivity index (χ0v) is 20.3. The van der Waals surface area contributed by atoms with Gasteiger partial charge in [0, 0.05) is 56.1 Å². The number of hydrogen-bond acceptors (Lipinski definition) is 7. The summed E-state index contributed by atoms with van der Waals surface area (Å²) in [6, 6.07) is 10.1. The number of rotatable bonds is 7. The Bertz CT molecular complexity index is 1240. The van der Waals surface area contributed by atoms with E-state index in [9.17, 15) is 4.79 Å². The lowest BCUT2D eigenvalue weighted by molar-refractivity contribution is 0.148. The number of likely N-dealkylation sites (N-methyl/N-ethyl adjacent to an activating group) is 1. The number of pyridine rings is 1. The highest BCUT2D eigenvalue weighted by Gasteiger charge is 2.17. The molecular weight excluding hydrogens is 448 g/mol. The maximum absolute atomic E-state index is 12.8. The number of thiazole rings is 1. The lowest BCUT2D eigenvalue weighted by atomic mass is 9.93. The van der Waals surface area contributed by atoms with Gasteiger partial charge in [-0.25, -0.2) is 4.98 Å². The average Bonchev–Trinajstić information content (AvgIpc) is 3.32. The van der Waals surface area contributed by atoms with E-state index >= 15 is 0 Å². The van der Waals surface area contributed by atoms with Crippen LogP contribution in [0.25, 0.3) is 11.8 Å². The molecule has 1 N–H and O–H groups in total. The number of hydrogen-bond donors (Lipinski definition) is 1. The molecule has 3 heterocycles. The molecule has 0 saturated carbocycles. The number of piperazine rings is 1. The highest BCUT2D eigenvalue weighted by Crippen LogP contribution is 2.28. The Morgan fingerprint density at radius 1 is 1.12 bits per heavy atom. The van der Waals surface area contributed by atoms with E-state index in [1.54, 1.807) is 16.1 Å². The van der Waals surface area contributed by atoms with Gasteiger partial charge < -0.3 is 14.7 Å². The third-order valence-corrected chi connectivity index (χ3v) is 7.38. The second-order valence-electron chi connectivity index (χ2n) is 9.00. The summed E-state index contributed by atoms with van der Waals surface area (Å²) >= 11 is 1.43. The fourth-order valence-corrected chi connectivity index (χ4v) is 5.20. The topological polar surface area (TPSA) is 70.8 Å². The van der Waals surface area contributed by atoms with Crippen LogP contribution in [0.4, 0.5) is 0 Å². The molecule has 1 fully saturated rings. The van der Waals surface area contributed by atoms with Crippen molar-refractivity contribution in [2.75, 3.05) is 33.2 Å². The predicted octanol–water partition coefficient (Wildman–Crippen LogP) is 3.07. The molecule has 7 nitrogen and oxygen atoms in total. The van der Waals surface area contributed by atoms with Gasteiger partial charge in [0.1, 0.15) is 17.4 Å². The fraction of sp³-hybridized carbons (Fsp3) is 0.385. The largest absolute Gasteiger partial charge is 0.486 e. The summed E-state index contributed by atoms with van der Waals surface area (Å²) < 4.78 is 7.45. The molecule has 1 aromatic carbocycles. The van der Waals surface area contributed by atoms with Gasteiger partial charge in [-0.2, -0.15) is 0 Å². The minimum atomic E-state index is -0.103. The molecule has 0 bridgehead atoms. The first kappa shape index (κ1) is 23.0. The van der Waals surface area contributed by atoms with Crippen LogP contribution in [0.1, 0.15) is 33.8 Å². The van der Waals surface area contributed by atoms with Crippen molar-refractivity contribution in [3.63, 3.8) is 0 Å². The van der Waals surface area contributed by atoms with E-state index in [-0.39, 0.29) is 18.8 Å². The number of aliphatic hydroxyl groups excluding tert-OH is 1. The molecule has 8 heteroatoms. The van der Waals surface area contributed by atoms with E-state index in [1.807, 2.05) is 6.07 Å². The standard InChI is InChI=1S/C26H30N4O3S/c1-28-8-10-29(11-9-28)15-19-2-3-21-13-23(5-4-20(21)12-19)30-7-6-24(14-26(30)32)33-17-25-27-22(16-31)18-34-25/h2-3,6-7,12-14,18,31H,4-5,8-11,15-17H2,1H3. The van der Waals surface area contributed by atoms with E-state index in [1.165, 1.54) is 34.1 Å². The van der Waals surface area contributed by atoms with E-state index in [2.05, 4.69) is 46.1 Å². The summed E-state index contributed by atoms with van der Waals surface area (Å²) in [4.78, 5) is 22.0. The van der Waals surface area contributed by atoms with Crippen LogP contribution < -0.4 is 10.3 Å². The molecule has 0 radical (unpaired) electrons. The highest BCUT2D eigenvalue weighted by atomic mass is 32.1. The molecule has 5 rings (SSSR count). The van der Waals surface area contributed by atoms with Crippen molar-refractivity contribution in [2.24, 2.45) is 0 Å². The lowest BCUT2D eigenvalue weighted by Crippen LogP contribution is -2.43. The summed E-state index contributed by atoms with van der Waals surface area (Å²) in [5.41, 5.74) is 5.45. The first-order valence-corrected chi connectivity index (χ1v) is 12.6. The Hall–Kier alpha value is -2.78. The second-order valence-corrected chi connectivity index (χ2v) is 9.94. The number of ether oxygens (including phenoxy) is 1. The van der Waals surface area contributed by atoms with Gasteiger partial charge >= 0.3 is 0 Å². The average molecular weight is 479 g/mol. The van der Waals surface area contributed by atoms with E-state index in [0.29, 0.717) is 11.4 Å². The predicted molar refractivity (Wildman–Crippen MR) is 135 cm³/mol. The zero-order chi connectivity index (χ0) is 23.5. The minimum Gasteiger partial charge on any atom is -0.486 e. The molecule has 1 aliphatic carbocycles. The van der Waals surface area contributed by atoms with Gasteiger partial charge in [-0.15, -0.1) is 11.3 Å². The smallest absolute Gasteiger partial charge is 0.258 e. The molecule has 0 atom stereocenters. The summed E-state index contributed by atoms with van der Waals surface area (Å²) in [6.45, 7) is 5.70. The summed E-state index contributed by atoms with van der Waals surface area (Å²) in [5, 5.41) is 11.7. The van der Waals surface area contributed by atoms with E-state index in [4.69, 9.17) is 9.84 Å². The van der Waals surface area contributed by atoms with E-state index in [0.717, 1.165) is 56.3 Å². The van der Waals surface area contributed by atoms with Crippen molar-refractivity contribution in [3.8, 4) is 5.75 Å². The van der Waals surface area contributed by atoms with Crippen molar-refractivity contribution < 1.29 is 9.84 Å². The Morgan fingerprint density at radius 2 is 1.97 bits per heavy atom. The monoisotopic (exact) mass is 478 g/mol. The highest BCUT2D eigenvalue weighted by molar-refractivity contribution is 7.09. The third kappa shape index (κ3) is 5.31. The number of fused-ring (bicyclic) bond motifs is 1. The van der Waals surface area contributed by atoms with Gasteiger partial charge in [0.2, 0.25) is 0 Å². The van der Waals surface area contributed by atoms with Crippen molar-refractivity contribution in [3.05, 3.63) is 79.7 Å². The van der Waals surface area contributed by atoms with Gasteiger partial charge in [-0.3, -0.25) is 14.3 Å². The number of aromatic nitrogens is 2. The van der Waals surface area contributed by atoms with Crippen LogP contribution >= 0.6 is 11.3 Å². The first-order valence-electron chi connectivity index (χ1n) is 11.7. The maximum atomic E-state index is 12.8. The number of aliphatic hydroxyl groups is 1. The van der Waals surface area contributed by atoms with Gasteiger partial charge in [0.15, 0.2) is 0 Å². The molecule has 0 unspecified atom stereocenters. The quantitative estimate of drug-likeness (QED) is 0.563. The molecule has 2 aromatic heterocycles. The van der Waals surface area contributed by atoms with Crippen molar-refractivity contribution in [1.29, 1.82) is 0 Å². The minimum absolute atomic E-state index is 0.0810. The van der Waals surface area contributed by atoms with Crippen LogP contribution in [0.3, 0.4) is 0 Å². The molecule has 3 aromatic rings. The van der Waals surface area contributed by atoms with Crippen LogP contribution in [0, 0.1) is 0 Å². The van der Waals surface area contributed by atoms with Gasteiger partial charge in [-0.1, -0.05) is 18.2 Å². The normalized spacial score (nSPS) is 16.8. The van der Waals surface area contributed by atoms with Crippen LogP contribution in [0.15, 0.2) is 46.7 Å². The fourth-order valence-electron chi connectivity index (χ4n) is 4.50. The summed E-state index contributed by atoms with van der Waals surface area (Å²) in [7, 11) is 2.18. The second kappa shape index (κ2) is 10.2. The molecule has 1 saturated heterocycles. The number of aryl methyl sites for hydroxylation is 1. The molecule has 178 valence electrons. The first-order chi connectivity index (χ1) is 16.6. The Labute approximate surface area is 203 Å². The van der Waals surface area contributed by atoms with Crippen molar-refractivity contribution >= 4 is 23.1 Å². The van der Waals surface area contributed by atoms with Crippen LogP contribution in [-0.4, -0.2) is 57.7 Å². The summed E-state index contributed by atoms with van der Waals surface area (Å²) in [5.74, 6) is 0.521. The molecule has 34 heavy (non-hydrogen) atoms. The SMILES string of the molecule is CN1CCN(Cc2ccc3c(c2)CCC(n2ccc(OCc4nc(CO)cs4)cc2=O)=C3)CC1. The Balaban J connectivity index is 1.25. The molecule has 0 amide bonds. The van der Waals surface area contributed by atoms with Crippen molar-refractivity contribution in [2.45, 2.75) is 32.6 Å². The number of benzene rings is 1. The zero-order valence-electron chi connectivity index (χ0n) is 19.4. The van der Waals surface area contributed by atoms with Crippen LogP contribution in [-0.2, 0) is 26.2 Å².